The van der Waals surface area contributed by atoms with Crippen LogP contribution in [0.2, 0.25) is 0 Å². The number of rotatable bonds is 4. The van der Waals surface area contributed by atoms with Crippen LogP contribution in [0.25, 0.3) is 0 Å². The lowest BCUT2D eigenvalue weighted by Crippen LogP contribution is -2.20. The summed E-state index contributed by atoms with van der Waals surface area (Å²) < 4.78 is 9.75. The maximum Gasteiger partial charge on any atom is 0.310 e. The third kappa shape index (κ3) is 4.79. The fourth-order valence-corrected chi connectivity index (χ4v) is 0.606. The topological polar surface area (TPSA) is 35.5 Å². The van der Waals surface area contributed by atoms with Crippen LogP contribution in [0.1, 0.15) is 20.8 Å². The third-order valence-electron chi connectivity index (χ3n) is 1.28. The molecule has 0 aliphatic heterocycles. The number of carbonyl (C=O) groups excluding carboxylic acids is 1. The lowest BCUT2D eigenvalue weighted by Gasteiger charge is -2.11. The minimum atomic E-state index is -0.217. The molecule has 0 aliphatic carbocycles. The van der Waals surface area contributed by atoms with E-state index in [4.69, 9.17) is 4.74 Å². The lowest BCUT2D eigenvalue weighted by molar-refractivity contribution is -0.147. The second kappa shape index (κ2) is 5.13. The Morgan fingerprint density at radius 2 is 1.91 bits per heavy atom. The molecule has 0 spiro atoms. The van der Waals surface area contributed by atoms with Crippen molar-refractivity contribution in [2.45, 2.75) is 26.9 Å². The van der Waals surface area contributed by atoms with Crippen molar-refractivity contribution in [3.63, 3.8) is 0 Å². The van der Waals surface area contributed by atoms with Gasteiger partial charge in [-0.05, 0) is 20.8 Å². The summed E-state index contributed by atoms with van der Waals surface area (Å²) in [5, 5.41) is 0. The molecular weight excluding hydrogens is 144 g/mol. The van der Waals surface area contributed by atoms with E-state index in [1.54, 1.807) is 6.92 Å². The van der Waals surface area contributed by atoms with Crippen molar-refractivity contribution in [1.29, 1.82) is 0 Å². The fraction of sp³-hybridized carbons (Fsp3) is 0.875. The van der Waals surface area contributed by atoms with Crippen LogP contribution in [0.4, 0.5) is 0 Å². The van der Waals surface area contributed by atoms with Crippen LogP contribution in [0.5, 0.6) is 0 Å². The molecule has 0 aliphatic rings. The number of carbonyl (C=O) groups is 1. The highest BCUT2D eigenvalue weighted by Crippen LogP contribution is 2.00. The molecule has 3 nitrogen and oxygen atoms in total. The first kappa shape index (κ1) is 10.4. The molecule has 0 rings (SSSR count). The van der Waals surface area contributed by atoms with E-state index >= 15 is 0 Å². The molecule has 0 fully saturated rings. The van der Waals surface area contributed by atoms with Crippen LogP contribution in [0.15, 0.2) is 0 Å². The molecule has 0 amide bonds. The zero-order chi connectivity index (χ0) is 8.85. The molecule has 0 unspecified atom stereocenters. The molecule has 11 heavy (non-hydrogen) atoms. The molecule has 0 N–H and O–H groups in total. The SMILES string of the molecule is COC(=O)[C@@H](C)COC(C)C. The monoisotopic (exact) mass is 160 g/mol. The van der Waals surface area contributed by atoms with Crippen molar-refractivity contribution < 1.29 is 14.3 Å². The Morgan fingerprint density at radius 1 is 1.36 bits per heavy atom. The number of methoxy groups -OCH3 is 1. The molecule has 66 valence electrons. The van der Waals surface area contributed by atoms with E-state index in [1.807, 2.05) is 13.8 Å². The van der Waals surface area contributed by atoms with E-state index < -0.39 is 0 Å². The first-order valence-electron chi connectivity index (χ1n) is 3.77. The largest absolute Gasteiger partial charge is 0.469 e. The summed E-state index contributed by atoms with van der Waals surface area (Å²) in [6.45, 7) is 6.09. The smallest absolute Gasteiger partial charge is 0.310 e. The molecule has 0 aromatic carbocycles. The number of ether oxygens (including phenoxy) is 2. The van der Waals surface area contributed by atoms with Gasteiger partial charge in [0, 0.05) is 0 Å². The average molecular weight is 160 g/mol. The highest BCUT2D eigenvalue weighted by atomic mass is 16.5. The summed E-state index contributed by atoms with van der Waals surface area (Å²) in [4.78, 5) is 10.8. The van der Waals surface area contributed by atoms with Crippen LogP contribution >= 0.6 is 0 Å². The van der Waals surface area contributed by atoms with Gasteiger partial charge in [0.15, 0.2) is 0 Å². The van der Waals surface area contributed by atoms with Gasteiger partial charge in [-0.2, -0.15) is 0 Å². The number of esters is 1. The minimum absolute atomic E-state index is 0.164. The Hall–Kier alpha value is -0.570. The Morgan fingerprint density at radius 3 is 2.27 bits per heavy atom. The Labute approximate surface area is 67.7 Å². The standard InChI is InChI=1S/C8H16O3/c1-6(2)11-5-7(3)8(9)10-4/h6-7H,5H2,1-4H3/t7-/m0/s1. The van der Waals surface area contributed by atoms with Crippen molar-refractivity contribution in [2.75, 3.05) is 13.7 Å². The van der Waals surface area contributed by atoms with Gasteiger partial charge in [-0.3, -0.25) is 4.79 Å². The predicted molar refractivity (Wildman–Crippen MR) is 42.3 cm³/mol. The summed E-state index contributed by atoms with van der Waals surface area (Å²) in [6.07, 6.45) is 0.169. The molecule has 1 atom stereocenters. The predicted octanol–water partition coefficient (Wildman–Crippen LogP) is 1.22. The number of hydrogen-bond acceptors (Lipinski definition) is 3. The highest BCUT2D eigenvalue weighted by Gasteiger charge is 2.13. The van der Waals surface area contributed by atoms with Crippen LogP contribution in [-0.4, -0.2) is 25.8 Å². The van der Waals surface area contributed by atoms with Gasteiger partial charge in [0.25, 0.3) is 0 Å². The molecule has 0 aromatic rings. The van der Waals surface area contributed by atoms with Crippen molar-refractivity contribution >= 4 is 5.97 Å². The lowest BCUT2D eigenvalue weighted by atomic mass is 10.2. The van der Waals surface area contributed by atoms with Crippen LogP contribution in [0.3, 0.4) is 0 Å². The van der Waals surface area contributed by atoms with E-state index in [2.05, 4.69) is 4.74 Å². The van der Waals surface area contributed by atoms with Gasteiger partial charge in [0.1, 0.15) is 0 Å². The fourth-order valence-electron chi connectivity index (χ4n) is 0.606. The van der Waals surface area contributed by atoms with Crippen LogP contribution < -0.4 is 0 Å². The summed E-state index contributed by atoms with van der Waals surface area (Å²) in [7, 11) is 1.38. The molecule has 3 heteroatoms. The minimum Gasteiger partial charge on any atom is -0.469 e. The molecule has 0 aromatic heterocycles. The summed E-state index contributed by atoms with van der Waals surface area (Å²) >= 11 is 0. The summed E-state index contributed by atoms with van der Waals surface area (Å²) in [5.41, 5.74) is 0. The molecule has 0 radical (unpaired) electrons. The van der Waals surface area contributed by atoms with Crippen molar-refractivity contribution in [3.8, 4) is 0 Å². The van der Waals surface area contributed by atoms with E-state index in [0.717, 1.165) is 0 Å². The van der Waals surface area contributed by atoms with Gasteiger partial charge in [0.2, 0.25) is 0 Å². The maximum atomic E-state index is 10.8. The second-order valence-corrected chi connectivity index (χ2v) is 2.81. The van der Waals surface area contributed by atoms with Gasteiger partial charge < -0.3 is 9.47 Å². The molecular formula is C8H16O3. The maximum absolute atomic E-state index is 10.8. The van der Waals surface area contributed by atoms with Gasteiger partial charge in [-0.25, -0.2) is 0 Å². The van der Waals surface area contributed by atoms with E-state index in [0.29, 0.717) is 6.61 Å². The zero-order valence-electron chi connectivity index (χ0n) is 7.59. The molecule has 0 heterocycles. The van der Waals surface area contributed by atoms with E-state index in [1.165, 1.54) is 7.11 Å². The van der Waals surface area contributed by atoms with E-state index in [-0.39, 0.29) is 18.0 Å². The Kier molecular flexibility index (Phi) is 4.86. The first-order valence-corrected chi connectivity index (χ1v) is 3.77. The normalized spacial score (nSPS) is 13.2. The Balaban J connectivity index is 3.52. The van der Waals surface area contributed by atoms with Gasteiger partial charge in [0.05, 0.1) is 25.7 Å². The molecule has 0 saturated heterocycles. The van der Waals surface area contributed by atoms with Gasteiger partial charge in [-0.1, -0.05) is 0 Å². The van der Waals surface area contributed by atoms with Crippen LogP contribution in [0, 0.1) is 5.92 Å². The highest BCUT2D eigenvalue weighted by molar-refractivity contribution is 5.71. The summed E-state index contributed by atoms with van der Waals surface area (Å²) in [6, 6.07) is 0. The van der Waals surface area contributed by atoms with Crippen molar-refractivity contribution in [2.24, 2.45) is 5.92 Å². The van der Waals surface area contributed by atoms with Crippen molar-refractivity contribution in [1.82, 2.24) is 0 Å². The zero-order valence-corrected chi connectivity index (χ0v) is 7.59. The Bertz CT molecular complexity index is 121. The van der Waals surface area contributed by atoms with Gasteiger partial charge >= 0.3 is 5.97 Å². The number of hydrogen-bond donors (Lipinski definition) is 0. The molecule has 0 bridgehead atoms. The second-order valence-electron chi connectivity index (χ2n) is 2.81. The average Bonchev–Trinajstić information content (AvgIpc) is 1.98. The van der Waals surface area contributed by atoms with Crippen molar-refractivity contribution in [3.05, 3.63) is 0 Å². The first-order chi connectivity index (χ1) is 5.07. The summed E-state index contributed by atoms with van der Waals surface area (Å²) in [5.74, 6) is -0.381. The third-order valence-corrected chi connectivity index (χ3v) is 1.28. The van der Waals surface area contributed by atoms with Crippen LogP contribution in [-0.2, 0) is 14.3 Å². The molecule has 0 saturated carbocycles. The van der Waals surface area contributed by atoms with Gasteiger partial charge in [-0.15, -0.1) is 0 Å². The quantitative estimate of drug-likeness (QED) is 0.580. The van der Waals surface area contributed by atoms with E-state index in [9.17, 15) is 4.79 Å².